The zero-order valence-corrected chi connectivity index (χ0v) is 34.8. The highest BCUT2D eigenvalue weighted by molar-refractivity contribution is 7.80. The Morgan fingerprint density at radius 2 is 1.32 bits per heavy atom. The van der Waals surface area contributed by atoms with Gasteiger partial charge in [0.25, 0.3) is 0 Å². The molecule has 3 unspecified atom stereocenters. The molecule has 0 bridgehead atoms. The van der Waals surface area contributed by atoms with Crippen LogP contribution in [0.3, 0.4) is 0 Å². The van der Waals surface area contributed by atoms with Crippen molar-refractivity contribution < 1.29 is 48.9 Å². The van der Waals surface area contributed by atoms with Crippen molar-refractivity contribution in [3.05, 3.63) is 29.8 Å². The number of hydrogen-bond acceptors (Lipinski definition) is 12. The highest BCUT2D eigenvalue weighted by Gasteiger charge is 2.23. The van der Waals surface area contributed by atoms with E-state index in [0.29, 0.717) is 24.1 Å². The summed E-state index contributed by atoms with van der Waals surface area (Å²) in [6.45, 7) is 6.07. The maximum atomic E-state index is 12.8. The molecular formula is C38H63N11O10S. The number of aliphatic carboxylic acids is 3. The second-order valence-electron chi connectivity index (χ2n) is 14.2. The zero-order chi connectivity index (χ0) is 44.0. The number of thiocarbonyl (C=S) groups is 1. The molecule has 1 aromatic rings. The van der Waals surface area contributed by atoms with Crippen LogP contribution in [0.1, 0.15) is 63.4 Å². The van der Waals surface area contributed by atoms with Gasteiger partial charge in [0, 0.05) is 83.5 Å². The highest BCUT2D eigenvalue weighted by Crippen LogP contribution is 2.12. The summed E-state index contributed by atoms with van der Waals surface area (Å²) in [4.78, 5) is 82.5. The Kier molecular flexibility index (Phi) is 26.2. The summed E-state index contributed by atoms with van der Waals surface area (Å²) in [5.74, 6) is -5.49. The third kappa shape index (κ3) is 25.4. The molecule has 1 saturated heterocycles. The van der Waals surface area contributed by atoms with E-state index in [1.165, 1.54) is 5.56 Å². The summed E-state index contributed by atoms with van der Waals surface area (Å²) in [6.07, 6.45) is 3.04. The normalized spacial score (nSPS) is 15.6. The van der Waals surface area contributed by atoms with E-state index < -0.39 is 67.3 Å². The molecule has 22 heteroatoms. The van der Waals surface area contributed by atoms with E-state index in [1.807, 2.05) is 17.4 Å². The van der Waals surface area contributed by atoms with E-state index in [4.69, 9.17) is 22.4 Å². The summed E-state index contributed by atoms with van der Waals surface area (Å²) in [5, 5.41) is 59.6. The maximum Gasteiger partial charge on any atom is 0.326 e. The first-order valence-corrected chi connectivity index (χ1v) is 20.8. The van der Waals surface area contributed by atoms with Crippen LogP contribution in [0.15, 0.2) is 24.3 Å². The average molecular weight is 866 g/mol. The van der Waals surface area contributed by atoms with Gasteiger partial charge in [-0.15, -0.1) is 0 Å². The summed E-state index contributed by atoms with van der Waals surface area (Å²) < 4.78 is 0. The monoisotopic (exact) mass is 865 g/mol. The van der Waals surface area contributed by atoms with Crippen molar-refractivity contribution in [2.24, 2.45) is 0 Å². The molecule has 1 aliphatic rings. The molecule has 1 aromatic carbocycles. The molecule has 2 rings (SSSR count). The van der Waals surface area contributed by atoms with Gasteiger partial charge in [-0.05, 0) is 74.9 Å². The van der Waals surface area contributed by atoms with Gasteiger partial charge in [-0.1, -0.05) is 18.6 Å². The molecule has 0 aromatic heterocycles. The lowest BCUT2D eigenvalue weighted by Gasteiger charge is -2.21. The van der Waals surface area contributed by atoms with E-state index in [-0.39, 0.29) is 44.6 Å². The standard InChI is InChI=1S/C38H63N11O10S/c50-31(7-2-1-4-15-44-38(60)47-27-10-8-26(9-11-27)22-28-23-41-19-18-39-16-17-40-20-21-42-28)45-24-32(51)48-29(12-13-33(52)53)35(56)43-14-5-3-6-30(36(57)58)49-37(59)46-25-34(54)55/h8-11,28-30,39-42H,1-7,12-25H2,(H,43,56)(H,45,50)(H,48,51)(H,52,53)(H,54,55)(H,57,58)(H2,44,47,60)(H2,46,49,59). The van der Waals surface area contributed by atoms with Crippen molar-refractivity contribution in [1.29, 1.82) is 0 Å². The van der Waals surface area contributed by atoms with E-state index in [0.717, 1.165) is 70.8 Å². The van der Waals surface area contributed by atoms with E-state index in [1.54, 1.807) is 0 Å². The molecule has 1 fully saturated rings. The Labute approximate surface area is 355 Å². The number of nitrogens with one attached hydrogen (secondary N) is 11. The lowest BCUT2D eigenvalue weighted by Crippen LogP contribution is -2.49. The fourth-order valence-corrected chi connectivity index (χ4v) is 6.13. The minimum absolute atomic E-state index is 0.0161. The average Bonchev–Trinajstić information content (AvgIpc) is 3.20. The van der Waals surface area contributed by atoms with Crippen molar-refractivity contribution in [3.63, 3.8) is 0 Å². The van der Waals surface area contributed by atoms with E-state index in [9.17, 15) is 38.7 Å². The molecule has 1 heterocycles. The molecule has 5 amide bonds. The highest BCUT2D eigenvalue weighted by atomic mass is 32.1. The van der Waals surface area contributed by atoms with Gasteiger partial charge in [0.15, 0.2) is 5.11 Å². The number of rotatable bonds is 25. The first-order chi connectivity index (χ1) is 28.8. The number of benzene rings is 1. The molecular weight excluding hydrogens is 803 g/mol. The molecule has 1 aliphatic heterocycles. The van der Waals surface area contributed by atoms with Gasteiger partial charge in [0.2, 0.25) is 17.7 Å². The number of carboxylic acids is 3. The number of unbranched alkanes of at least 4 members (excludes halogenated alkanes) is 3. The molecule has 336 valence electrons. The van der Waals surface area contributed by atoms with Crippen LogP contribution in [0.2, 0.25) is 0 Å². The predicted molar refractivity (Wildman–Crippen MR) is 228 cm³/mol. The third-order valence-corrected chi connectivity index (χ3v) is 9.36. The molecule has 3 atom stereocenters. The molecule has 0 spiro atoms. The van der Waals surface area contributed by atoms with Crippen LogP contribution in [-0.2, 0) is 35.2 Å². The van der Waals surface area contributed by atoms with Gasteiger partial charge in [-0.3, -0.25) is 24.0 Å². The van der Waals surface area contributed by atoms with Gasteiger partial charge in [-0.2, -0.15) is 0 Å². The minimum Gasteiger partial charge on any atom is -0.481 e. The van der Waals surface area contributed by atoms with Gasteiger partial charge in [0.1, 0.15) is 18.6 Å². The van der Waals surface area contributed by atoms with Crippen molar-refractivity contribution in [2.45, 2.75) is 82.3 Å². The minimum atomic E-state index is -1.33. The third-order valence-electron chi connectivity index (χ3n) is 9.11. The van der Waals surface area contributed by atoms with Crippen molar-refractivity contribution in [1.82, 2.24) is 53.2 Å². The van der Waals surface area contributed by atoms with Crippen LogP contribution >= 0.6 is 12.2 Å². The summed E-state index contributed by atoms with van der Waals surface area (Å²) in [6, 6.07) is 5.08. The second-order valence-corrected chi connectivity index (χ2v) is 14.6. The Morgan fingerprint density at radius 1 is 0.650 bits per heavy atom. The van der Waals surface area contributed by atoms with Crippen LogP contribution in [0.4, 0.5) is 10.5 Å². The van der Waals surface area contributed by atoms with Crippen LogP contribution in [0.25, 0.3) is 0 Å². The lowest BCUT2D eigenvalue weighted by atomic mass is 10.1. The van der Waals surface area contributed by atoms with Gasteiger partial charge in [0.05, 0.1) is 6.54 Å². The van der Waals surface area contributed by atoms with Gasteiger partial charge < -0.3 is 73.8 Å². The Hall–Kier alpha value is -5.16. The Morgan fingerprint density at radius 3 is 2.00 bits per heavy atom. The Balaban J connectivity index is 1.62. The van der Waals surface area contributed by atoms with Crippen molar-refractivity contribution in [3.8, 4) is 0 Å². The first kappa shape index (κ1) is 51.0. The van der Waals surface area contributed by atoms with Crippen LogP contribution in [-0.4, -0.2) is 152 Å². The number of carboxylic acid groups (broad SMARTS) is 3. The molecule has 14 N–H and O–H groups in total. The van der Waals surface area contributed by atoms with Gasteiger partial charge in [-0.25, -0.2) is 9.59 Å². The largest absolute Gasteiger partial charge is 0.481 e. The summed E-state index contributed by atoms with van der Waals surface area (Å²) in [5.41, 5.74) is 2.11. The van der Waals surface area contributed by atoms with Crippen LogP contribution in [0, 0.1) is 0 Å². The fourth-order valence-electron chi connectivity index (χ4n) is 5.91. The fraction of sp³-hybridized carbons (Fsp3) is 0.632. The second kappa shape index (κ2) is 30.8. The molecule has 60 heavy (non-hydrogen) atoms. The van der Waals surface area contributed by atoms with E-state index >= 15 is 0 Å². The molecule has 0 aliphatic carbocycles. The SMILES string of the molecule is O=C(O)CCC(NC(=O)CNC(=O)CCCCCNC(=S)Nc1ccc(CC2CNCCNCCNCCN2)cc1)C(=O)NCCCCC(NC(=O)NCC(=O)O)C(=O)O. The number of carbonyl (C=O) groups is 7. The lowest BCUT2D eigenvalue weighted by molar-refractivity contribution is -0.140. The zero-order valence-electron chi connectivity index (χ0n) is 34.0. The predicted octanol–water partition coefficient (Wildman–Crippen LogP) is -1.59. The number of urea groups is 1. The van der Waals surface area contributed by atoms with Crippen molar-refractivity contribution in [2.75, 3.05) is 77.3 Å². The number of anilines is 1. The quantitative estimate of drug-likeness (QED) is 0.0389. The number of carbonyl (C=O) groups excluding carboxylic acids is 4. The topological polar surface area (TPSA) is 313 Å². The van der Waals surface area contributed by atoms with Gasteiger partial charge >= 0.3 is 23.9 Å². The molecule has 0 saturated carbocycles. The molecule has 0 radical (unpaired) electrons. The number of amides is 5. The first-order valence-electron chi connectivity index (χ1n) is 20.4. The van der Waals surface area contributed by atoms with Crippen LogP contribution in [0.5, 0.6) is 0 Å². The molecule has 21 nitrogen and oxygen atoms in total. The summed E-state index contributed by atoms with van der Waals surface area (Å²) in [7, 11) is 0. The maximum absolute atomic E-state index is 12.8. The number of hydrogen-bond donors (Lipinski definition) is 14. The summed E-state index contributed by atoms with van der Waals surface area (Å²) >= 11 is 5.45. The smallest absolute Gasteiger partial charge is 0.326 e. The van der Waals surface area contributed by atoms with Crippen LogP contribution < -0.4 is 58.5 Å². The van der Waals surface area contributed by atoms with Crippen molar-refractivity contribution >= 4 is 64.7 Å². The van der Waals surface area contributed by atoms with E-state index in [2.05, 4.69) is 65.3 Å². The Bertz CT molecular complexity index is 1510.